The zero-order chi connectivity index (χ0) is 14.7. The van der Waals surface area contributed by atoms with E-state index in [0.717, 1.165) is 44.2 Å². The van der Waals surface area contributed by atoms with Gasteiger partial charge in [-0.1, -0.05) is 13.8 Å². The minimum Gasteiger partial charge on any atom is -0.374 e. The van der Waals surface area contributed by atoms with E-state index in [9.17, 15) is 0 Å². The van der Waals surface area contributed by atoms with Gasteiger partial charge in [0, 0.05) is 44.8 Å². The van der Waals surface area contributed by atoms with Crippen molar-refractivity contribution >= 4 is 0 Å². The second-order valence-electron chi connectivity index (χ2n) is 7.62. The Balaban J connectivity index is 1.47. The molecule has 2 saturated heterocycles. The third kappa shape index (κ3) is 4.92. The summed E-state index contributed by atoms with van der Waals surface area (Å²) in [4.78, 5) is 5.31. The second kappa shape index (κ2) is 7.40. The second-order valence-corrected chi connectivity index (χ2v) is 7.62. The average molecular weight is 295 g/mol. The van der Waals surface area contributed by atoms with E-state index in [-0.39, 0.29) is 0 Å². The lowest BCUT2D eigenvalue weighted by atomic mass is 10.1. The highest BCUT2D eigenvalue weighted by molar-refractivity contribution is 4.90. The Morgan fingerprint density at radius 3 is 2.76 bits per heavy atom. The van der Waals surface area contributed by atoms with E-state index in [1.807, 2.05) is 0 Å². The molecule has 2 aliphatic heterocycles. The molecular formula is C17H33N3O. The molecule has 4 heteroatoms. The average Bonchev–Trinajstić information content (AvgIpc) is 3.16. The number of rotatable bonds is 7. The fourth-order valence-corrected chi connectivity index (χ4v) is 3.84. The molecule has 1 saturated carbocycles. The summed E-state index contributed by atoms with van der Waals surface area (Å²) in [6, 6.07) is 1.57. The summed E-state index contributed by atoms with van der Waals surface area (Å²) in [6.07, 6.45) is 5.92. The molecule has 0 spiro atoms. The molecule has 0 amide bonds. The zero-order valence-corrected chi connectivity index (χ0v) is 13.9. The van der Waals surface area contributed by atoms with Crippen LogP contribution in [-0.2, 0) is 4.74 Å². The summed E-state index contributed by atoms with van der Waals surface area (Å²) >= 11 is 0. The van der Waals surface area contributed by atoms with Gasteiger partial charge in [-0.25, -0.2) is 0 Å². The van der Waals surface area contributed by atoms with Crippen LogP contribution in [0.5, 0.6) is 0 Å². The molecule has 3 fully saturated rings. The maximum atomic E-state index is 6.06. The van der Waals surface area contributed by atoms with Crippen molar-refractivity contribution in [3.8, 4) is 0 Å². The number of hydrogen-bond donors (Lipinski definition) is 1. The molecule has 0 aromatic rings. The van der Waals surface area contributed by atoms with E-state index >= 15 is 0 Å². The highest BCUT2D eigenvalue weighted by Gasteiger charge is 2.34. The van der Waals surface area contributed by atoms with Gasteiger partial charge in [0.25, 0.3) is 0 Å². The van der Waals surface area contributed by atoms with Gasteiger partial charge in [0.05, 0.1) is 12.7 Å². The lowest BCUT2D eigenvalue weighted by Crippen LogP contribution is -2.50. The fraction of sp³-hybridized carbons (Fsp3) is 1.00. The van der Waals surface area contributed by atoms with Crippen LogP contribution in [0.4, 0.5) is 0 Å². The largest absolute Gasteiger partial charge is 0.374 e. The summed E-state index contributed by atoms with van der Waals surface area (Å²) in [5, 5.41) is 3.65. The number of morpholine rings is 1. The summed E-state index contributed by atoms with van der Waals surface area (Å²) in [5.41, 5.74) is 0. The maximum Gasteiger partial charge on any atom is 0.0829 e. The van der Waals surface area contributed by atoms with Crippen LogP contribution in [0.25, 0.3) is 0 Å². The molecule has 0 bridgehead atoms. The highest BCUT2D eigenvalue weighted by Crippen LogP contribution is 2.28. The molecule has 0 radical (unpaired) electrons. The molecule has 2 heterocycles. The Morgan fingerprint density at radius 1 is 1.24 bits per heavy atom. The van der Waals surface area contributed by atoms with Crippen LogP contribution in [0.15, 0.2) is 0 Å². The van der Waals surface area contributed by atoms with Gasteiger partial charge in [0.1, 0.15) is 0 Å². The van der Waals surface area contributed by atoms with Crippen LogP contribution in [0.3, 0.4) is 0 Å². The fourth-order valence-electron chi connectivity index (χ4n) is 3.84. The van der Waals surface area contributed by atoms with Crippen molar-refractivity contribution in [2.45, 2.75) is 57.7 Å². The van der Waals surface area contributed by atoms with E-state index < -0.39 is 0 Å². The molecule has 3 aliphatic rings. The third-order valence-corrected chi connectivity index (χ3v) is 4.96. The standard InChI is InChI=1S/C17H33N3O/c1-14(2)10-19-8-9-21-17(12-19)13-20(16-5-6-16)11-15-4-3-7-18-15/h14-18H,3-13H2,1-2H3. The van der Waals surface area contributed by atoms with Gasteiger partial charge in [0.15, 0.2) is 0 Å². The molecule has 4 nitrogen and oxygen atoms in total. The predicted octanol–water partition coefficient (Wildman–Crippen LogP) is 1.56. The van der Waals surface area contributed by atoms with Crippen molar-refractivity contribution in [2.24, 2.45) is 5.92 Å². The van der Waals surface area contributed by atoms with E-state index in [1.165, 1.54) is 45.3 Å². The van der Waals surface area contributed by atoms with Crippen LogP contribution in [0.2, 0.25) is 0 Å². The van der Waals surface area contributed by atoms with Crippen molar-refractivity contribution in [2.75, 3.05) is 45.9 Å². The molecule has 3 rings (SSSR count). The molecule has 21 heavy (non-hydrogen) atoms. The van der Waals surface area contributed by atoms with Gasteiger partial charge in [0.2, 0.25) is 0 Å². The molecule has 1 aliphatic carbocycles. The molecule has 1 N–H and O–H groups in total. The van der Waals surface area contributed by atoms with E-state index in [1.54, 1.807) is 0 Å². The minimum absolute atomic E-state index is 0.416. The van der Waals surface area contributed by atoms with Gasteiger partial charge in [-0.15, -0.1) is 0 Å². The van der Waals surface area contributed by atoms with Crippen molar-refractivity contribution in [3.63, 3.8) is 0 Å². The minimum atomic E-state index is 0.416. The van der Waals surface area contributed by atoms with Crippen molar-refractivity contribution in [1.29, 1.82) is 0 Å². The normalized spacial score (nSPS) is 31.4. The molecule has 2 atom stereocenters. The summed E-state index contributed by atoms with van der Waals surface area (Å²) < 4.78 is 6.06. The molecule has 0 aromatic heterocycles. The van der Waals surface area contributed by atoms with E-state index in [4.69, 9.17) is 4.74 Å². The number of nitrogens with one attached hydrogen (secondary N) is 1. The quantitative estimate of drug-likeness (QED) is 0.771. The third-order valence-electron chi connectivity index (χ3n) is 4.96. The number of nitrogens with zero attached hydrogens (tertiary/aromatic N) is 2. The van der Waals surface area contributed by atoms with Gasteiger partial charge < -0.3 is 10.1 Å². The monoisotopic (exact) mass is 295 g/mol. The molecule has 2 unspecified atom stereocenters. The Morgan fingerprint density at radius 2 is 2.10 bits per heavy atom. The van der Waals surface area contributed by atoms with Crippen molar-refractivity contribution in [3.05, 3.63) is 0 Å². The van der Waals surface area contributed by atoms with Gasteiger partial charge in [-0.2, -0.15) is 0 Å². The van der Waals surface area contributed by atoms with Crippen LogP contribution in [0, 0.1) is 5.92 Å². The first-order valence-corrected chi connectivity index (χ1v) is 9.02. The first-order valence-electron chi connectivity index (χ1n) is 9.02. The topological polar surface area (TPSA) is 27.7 Å². The Kier molecular flexibility index (Phi) is 5.54. The first kappa shape index (κ1) is 15.7. The molecule has 0 aromatic carbocycles. The van der Waals surface area contributed by atoms with Gasteiger partial charge in [-0.05, 0) is 38.1 Å². The van der Waals surface area contributed by atoms with Gasteiger partial charge in [-0.3, -0.25) is 9.80 Å². The lowest BCUT2D eigenvalue weighted by molar-refractivity contribution is -0.0478. The Hall–Kier alpha value is -0.160. The smallest absolute Gasteiger partial charge is 0.0829 e. The summed E-state index contributed by atoms with van der Waals surface area (Å²) in [5.74, 6) is 0.756. The lowest BCUT2D eigenvalue weighted by Gasteiger charge is -2.37. The SMILES string of the molecule is CC(C)CN1CCOC(CN(CC2CCCN2)C2CC2)C1. The zero-order valence-electron chi connectivity index (χ0n) is 13.9. The van der Waals surface area contributed by atoms with E-state index in [2.05, 4.69) is 29.0 Å². The number of ether oxygens (including phenoxy) is 1. The summed E-state index contributed by atoms with van der Waals surface area (Å²) in [7, 11) is 0. The maximum absolute atomic E-state index is 6.06. The predicted molar refractivity (Wildman–Crippen MR) is 86.6 cm³/mol. The first-order chi connectivity index (χ1) is 10.2. The molecule has 122 valence electrons. The number of hydrogen-bond acceptors (Lipinski definition) is 4. The van der Waals surface area contributed by atoms with Crippen LogP contribution in [0.1, 0.15) is 39.5 Å². The van der Waals surface area contributed by atoms with Gasteiger partial charge >= 0.3 is 0 Å². The van der Waals surface area contributed by atoms with Crippen molar-refractivity contribution in [1.82, 2.24) is 15.1 Å². The summed E-state index contributed by atoms with van der Waals surface area (Å²) in [6.45, 7) is 12.6. The highest BCUT2D eigenvalue weighted by atomic mass is 16.5. The van der Waals surface area contributed by atoms with E-state index in [0.29, 0.717) is 6.10 Å². The Bertz CT molecular complexity index is 313. The molecular weight excluding hydrogens is 262 g/mol. The van der Waals surface area contributed by atoms with Crippen LogP contribution in [-0.4, -0.2) is 73.9 Å². The van der Waals surface area contributed by atoms with Crippen molar-refractivity contribution < 1.29 is 4.74 Å². The van der Waals surface area contributed by atoms with Crippen LogP contribution >= 0.6 is 0 Å². The van der Waals surface area contributed by atoms with Crippen LogP contribution < -0.4 is 5.32 Å². The Labute approximate surface area is 130 Å².